The maximum atomic E-state index is 11.8. The Bertz CT molecular complexity index is 1720. The zero-order valence-corrected chi connectivity index (χ0v) is 26.3. The van der Waals surface area contributed by atoms with Crippen molar-refractivity contribution >= 4 is 10.9 Å². The van der Waals surface area contributed by atoms with Crippen molar-refractivity contribution in [3.05, 3.63) is 97.3 Å². The van der Waals surface area contributed by atoms with Crippen molar-refractivity contribution < 1.29 is 24.8 Å². The fraction of sp³-hybridized carbons (Fsp3) is 0.353. The Hall–Kier alpha value is -3.91. The van der Waals surface area contributed by atoms with Crippen LogP contribution in [-0.2, 0) is 9.47 Å². The summed E-state index contributed by atoms with van der Waals surface area (Å²) in [5.41, 5.74) is 5.47. The molecule has 3 N–H and O–H groups in total. The lowest BCUT2D eigenvalue weighted by Crippen LogP contribution is -2.55. The number of hydrogen-bond acceptors (Lipinski definition) is 9. The Balaban J connectivity index is 1.09. The Morgan fingerprint density at radius 2 is 1.33 bits per heavy atom. The SMILES string of the molecule is CO[C@H]1C[SH]([C@@H]2COC[C@H](n3cc(-c4ccccc4)nn3)[C@H]2O)[C@H](CO)[C@H](O)[C@@H]1n1cc(-c2ccc(-c3ccccc3)cc2)nn1. The van der Waals surface area contributed by atoms with Crippen molar-refractivity contribution in [2.75, 3.05) is 32.7 Å². The van der Waals surface area contributed by atoms with Gasteiger partial charge in [0.2, 0.25) is 0 Å². The number of ether oxygens (including phenoxy) is 2. The van der Waals surface area contributed by atoms with Crippen LogP contribution in [0, 0.1) is 0 Å². The summed E-state index contributed by atoms with van der Waals surface area (Å²) in [5, 5.41) is 50.7. The summed E-state index contributed by atoms with van der Waals surface area (Å²) in [7, 11) is 0.485. The van der Waals surface area contributed by atoms with Gasteiger partial charge >= 0.3 is 0 Å². The molecule has 1 unspecified atom stereocenters. The number of rotatable bonds is 8. The molecule has 7 rings (SSSR count). The molecule has 3 aromatic carbocycles. The Morgan fingerprint density at radius 1 is 0.761 bits per heavy atom. The van der Waals surface area contributed by atoms with Crippen molar-refractivity contribution in [1.29, 1.82) is 0 Å². The molecule has 2 aliphatic rings. The standard InChI is InChI=1S/C34H38N6O5S/c1-44-29-21-46(31-20-45-19-28(33(31)42)39-16-26(35-37-39)24-10-6-3-7-11-24)30(18-41)34(43)32(29)40-17-27(36-38-40)25-14-12-23(13-15-25)22-8-4-2-5-9-22/h2-17,28-34,41-43,46H,18-21H2,1H3/t28-,29-,30+,31+,32+,33+,34-/m0/s1. The fourth-order valence-corrected chi connectivity index (χ4v) is 10.2. The minimum Gasteiger partial charge on any atom is -0.395 e. The Morgan fingerprint density at radius 3 is 1.98 bits per heavy atom. The molecule has 0 radical (unpaired) electrons. The van der Waals surface area contributed by atoms with Gasteiger partial charge < -0.3 is 24.8 Å². The van der Waals surface area contributed by atoms with Crippen molar-refractivity contribution in [3.8, 4) is 33.6 Å². The van der Waals surface area contributed by atoms with E-state index in [4.69, 9.17) is 9.47 Å². The zero-order chi connectivity index (χ0) is 31.6. The van der Waals surface area contributed by atoms with E-state index >= 15 is 0 Å². The van der Waals surface area contributed by atoms with Crippen LogP contribution < -0.4 is 0 Å². The van der Waals surface area contributed by atoms with E-state index in [0.717, 1.165) is 22.3 Å². The van der Waals surface area contributed by atoms with Crippen LogP contribution in [0.15, 0.2) is 97.3 Å². The molecule has 4 heterocycles. The van der Waals surface area contributed by atoms with Crippen LogP contribution in [0.25, 0.3) is 33.6 Å². The van der Waals surface area contributed by atoms with Crippen LogP contribution in [0.5, 0.6) is 0 Å². The number of aliphatic hydroxyl groups excluding tert-OH is 3. The number of methoxy groups -OCH3 is 1. The average Bonchev–Trinajstić information content (AvgIpc) is 3.80. The van der Waals surface area contributed by atoms with Gasteiger partial charge in [0.05, 0.1) is 50.5 Å². The summed E-state index contributed by atoms with van der Waals surface area (Å²) in [6.45, 7) is 0.368. The highest BCUT2D eigenvalue weighted by Crippen LogP contribution is 2.51. The summed E-state index contributed by atoms with van der Waals surface area (Å²) in [6, 6.07) is 27.0. The normalized spacial score (nSPS) is 29.0. The van der Waals surface area contributed by atoms with Gasteiger partial charge in [-0.2, -0.15) is 0 Å². The van der Waals surface area contributed by atoms with Gasteiger partial charge in [-0.3, -0.25) is 0 Å². The fourth-order valence-electron chi connectivity index (χ4n) is 6.72. The van der Waals surface area contributed by atoms with E-state index in [1.54, 1.807) is 16.5 Å². The number of aliphatic hydroxyl groups is 3. The third-order valence-corrected chi connectivity index (χ3v) is 12.7. The highest BCUT2D eigenvalue weighted by molar-refractivity contribution is 8.18. The second-order valence-corrected chi connectivity index (χ2v) is 14.6. The highest BCUT2D eigenvalue weighted by Gasteiger charge is 2.49. The quantitative estimate of drug-likeness (QED) is 0.188. The third-order valence-electron chi connectivity index (χ3n) is 9.25. The molecule has 8 atom stereocenters. The van der Waals surface area contributed by atoms with Crippen LogP contribution in [0.1, 0.15) is 12.1 Å². The molecule has 240 valence electrons. The molecule has 0 spiro atoms. The first-order chi connectivity index (χ1) is 22.6. The zero-order valence-electron chi connectivity index (χ0n) is 25.4. The molecule has 0 bridgehead atoms. The van der Waals surface area contributed by atoms with Gasteiger partial charge in [0.1, 0.15) is 23.5 Å². The number of nitrogens with zero attached hydrogens (tertiary/aromatic N) is 6. The van der Waals surface area contributed by atoms with Crippen molar-refractivity contribution in [2.45, 2.75) is 40.9 Å². The number of aromatic nitrogens is 6. The molecule has 12 heteroatoms. The second-order valence-electron chi connectivity index (χ2n) is 11.8. The lowest BCUT2D eigenvalue weighted by molar-refractivity contribution is -0.0339. The largest absolute Gasteiger partial charge is 0.395 e. The van der Waals surface area contributed by atoms with Gasteiger partial charge in [0.15, 0.2) is 0 Å². The second kappa shape index (κ2) is 13.4. The van der Waals surface area contributed by atoms with Gasteiger partial charge in [0.25, 0.3) is 0 Å². The van der Waals surface area contributed by atoms with E-state index in [9.17, 15) is 15.3 Å². The maximum absolute atomic E-state index is 11.8. The van der Waals surface area contributed by atoms with Crippen LogP contribution in [0.3, 0.4) is 0 Å². The number of benzene rings is 3. The first-order valence-corrected chi connectivity index (χ1v) is 17.1. The molecular weight excluding hydrogens is 604 g/mol. The van der Waals surface area contributed by atoms with Crippen LogP contribution in [0.4, 0.5) is 0 Å². The highest BCUT2D eigenvalue weighted by atomic mass is 32.2. The van der Waals surface area contributed by atoms with Crippen molar-refractivity contribution in [2.24, 2.45) is 0 Å². The molecular formula is C34H38N6O5S. The third kappa shape index (κ3) is 5.88. The first kappa shape index (κ1) is 30.7. The molecule has 11 nitrogen and oxygen atoms in total. The maximum Gasteiger partial charge on any atom is 0.113 e. The molecule has 0 aliphatic carbocycles. The lowest BCUT2D eigenvalue weighted by atomic mass is 10.0. The Kier molecular flexibility index (Phi) is 8.98. The summed E-state index contributed by atoms with van der Waals surface area (Å²) >= 11 is 0. The van der Waals surface area contributed by atoms with Gasteiger partial charge in [0, 0.05) is 34.5 Å². The number of thiol groups is 1. The summed E-state index contributed by atoms with van der Waals surface area (Å²) in [5.74, 6) is 0.546. The molecule has 46 heavy (non-hydrogen) atoms. The molecule has 0 amide bonds. The summed E-state index contributed by atoms with van der Waals surface area (Å²) < 4.78 is 15.3. The summed E-state index contributed by atoms with van der Waals surface area (Å²) in [4.78, 5) is 0. The molecule has 2 fully saturated rings. The van der Waals surface area contributed by atoms with Crippen molar-refractivity contribution in [3.63, 3.8) is 0 Å². The monoisotopic (exact) mass is 642 g/mol. The molecule has 0 saturated carbocycles. The minimum absolute atomic E-state index is 0.238. The van der Waals surface area contributed by atoms with Crippen molar-refractivity contribution in [1.82, 2.24) is 30.0 Å². The lowest BCUT2D eigenvalue weighted by Gasteiger charge is -2.51. The van der Waals surface area contributed by atoms with E-state index in [1.165, 1.54) is 0 Å². The van der Waals surface area contributed by atoms with E-state index in [-0.39, 0.29) is 18.5 Å². The predicted molar refractivity (Wildman–Crippen MR) is 177 cm³/mol. The minimum atomic E-state index is -1.13. The van der Waals surface area contributed by atoms with E-state index in [0.29, 0.717) is 23.7 Å². The van der Waals surface area contributed by atoms with E-state index < -0.39 is 46.5 Å². The van der Waals surface area contributed by atoms with Crippen LogP contribution in [0.2, 0.25) is 0 Å². The van der Waals surface area contributed by atoms with Gasteiger partial charge in [-0.1, -0.05) is 95.4 Å². The van der Waals surface area contributed by atoms with E-state index in [2.05, 4.69) is 44.9 Å². The molecule has 2 aliphatic heterocycles. The summed E-state index contributed by atoms with van der Waals surface area (Å²) in [6.07, 6.45) is 1.45. The topological polar surface area (TPSA) is 141 Å². The van der Waals surface area contributed by atoms with Gasteiger partial charge in [-0.15, -0.1) is 10.2 Å². The van der Waals surface area contributed by atoms with Gasteiger partial charge in [-0.25, -0.2) is 20.3 Å². The average molecular weight is 643 g/mol. The van der Waals surface area contributed by atoms with Crippen LogP contribution >= 0.6 is 10.9 Å². The smallest absolute Gasteiger partial charge is 0.113 e. The first-order valence-electron chi connectivity index (χ1n) is 15.4. The Labute approximate surface area is 269 Å². The predicted octanol–water partition coefficient (Wildman–Crippen LogP) is 3.16. The van der Waals surface area contributed by atoms with Gasteiger partial charge in [-0.05, 0) is 11.1 Å². The van der Waals surface area contributed by atoms with E-state index in [1.807, 2.05) is 73.1 Å². The number of hydrogen-bond donors (Lipinski definition) is 4. The molecule has 2 saturated heterocycles. The van der Waals surface area contributed by atoms with Crippen LogP contribution in [-0.4, -0.2) is 107 Å². The molecule has 5 aromatic rings. The molecule has 2 aromatic heterocycles.